The van der Waals surface area contributed by atoms with Crippen molar-refractivity contribution in [2.24, 2.45) is 0 Å². The predicted molar refractivity (Wildman–Crippen MR) is 72.4 cm³/mol. The van der Waals surface area contributed by atoms with E-state index >= 15 is 0 Å². The van der Waals surface area contributed by atoms with Crippen molar-refractivity contribution < 1.29 is 19.1 Å². The Morgan fingerprint density at radius 2 is 1.79 bits per heavy atom. The average Bonchev–Trinajstić information content (AvgIpc) is 2.42. The third-order valence-corrected chi connectivity index (χ3v) is 2.51. The Morgan fingerprint density at radius 3 is 2.37 bits per heavy atom. The molecule has 4 heteroatoms. The summed E-state index contributed by atoms with van der Waals surface area (Å²) in [4.78, 5) is 22.1. The molecule has 1 aromatic rings. The van der Waals surface area contributed by atoms with Gasteiger partial charge in [0.15, 0.2) is 0 Å². The van der Waals surface area contributed by atoms with Gasteiger partial charge < -0.3 is 9.47 Å². The van der Waals surface area contributed by atoms with E-state index in [1.54, 1.807) is 24.3 Å². The van der Waals surface area contributed by atoms with Crippen LogP contribution in [0.2, 0.25) is 0 Å². The van der Waals surface area contributed by atoms with Crippen LogP contribution < -0.4 is 0 Å². The zero-order chi connectivity index (χ0) is 14.1. The summed E-state index contributed by atoms with van der Waals surface area (Å²) in [6.45, 7) is 5.05. The van der Waals surface area contributed by atoms with E-state index in [0.29, 0.717) is 24.3 Å². The van der Waals surface area contributed by atoms with Crippen molar-refractivity contribution in [2.45, 2.75) is 32.8 Å². The molecule has 0 saturated heterocycles. The average molecular weight is 264 g/mol. The van der Waals surface area contributed by atoms with Crippen LogP contribution in [-0.2, 0) is 9.47 Å². The molecule has 1 aromatic carbocycles. The van der Waals surface area contributed by atoms with E-state index in [-0.39, 0.29) is 12.1 Å². The van der Waals surface area contributed by atoms with Crippen LogP contribution in [0.3, 0.4) is 0 Å². The number of carbonyl (C=O) groups excluding carboxylic acids is 2. The van der Waals surface area contributed by atoms with E-state index in [4.69, 9.17) is 9.47 Å². The fourth-order valence-corrected chi connectivity index (χ4v) is 1.47. The van der Waals surface area contributed by atoms with E-state index in [9.17, 15) is 9.59 Å². The number of rotatable bonds is 8. The van der Waals surface area contributed by atoms with Gasteiger partial charge in [0, 0.05) is 12.2 Å². The van der Waals surface area contributed by atoms with Crippen LogP contribution in [0, 0.1) is 0 Å². The van der Waals surface area contributed by atoms with Crippen molar-refractivity contribution in [2.75, 3.05) is 13.2 Å². The second kappa shape index (κ2) is 8.43. The minimum absolute atomic E-state index is 0.235. The van der Waals surface area contributed by atoms with Crippen molar-refractivity contribution in [1.82, 2.24) is 0 Å². The quantitative estimate of drug-likeness (QED) is 0.411. The van der Waals surface area contributed by atoms with Gasteiger partial charge in [-0.15, -0.1) is 0 Å². The first-order valence-corrected chi connectivity index (χ1v) is 6.47. The molecule has 0 fully saturated rings. The third kappa shape index (κ3) is 6.15. The standard InChI is InChI=1S/C15H20O4/c1-12(2)18-9-3-4-10-19-15(17)14-7-5-13(11-16)6-8-14/h5-8,11-12H,3-4,9-10H2,1-2H3. The van der Waals surface area contributed by atoms with Crippen molar-refractivity contribution >= 4 is 12.3 Å². The Kier molecular flexibility index (Phi) is 6.82. The molecule has 4 nitrogen and oxygen atoms in total. The maximum Gasteiger partial charge on any atom is 0.338 e. The van der Waals surface area contributed by atoms with Crippen LogP contribution in [0.15, 0.2) is 24.3 Å². The largest absolute Gasteiger partial charge is 0.462 e. The summed E-state index contributed by atoms with van der Waals surface area (Å²) in [5.41, 5.74) is 1.01. The summed E-state index contributed by atoms with van der Waals surface area (Å²) in [7, 11) is 0. The van der Waals surface area contributed by atoms with Gasteiger partial charge in [-0.25, -0.2) is 4.79 Å². The second-order valence-electron chi connectivity index (χ2n) is 4.50. The lowest BCUT2D eigenvalue weighted by Gasteiger charge is -2.07. The molecule has 0 heterocycles. The second-order valence-corrected chi connectivity index (χ2v) is 4.50. The van der Waals surface area contributed by atoms with E-state index in [2.05, 4.69) is 0 Å². The molecule has 0 spiro atoms. The number of aldehydes is 1. The molecular formula is C15H20O4. The smallest absolute Gasteiger partial charge is 0.338 e. The first kappa shape index (κ1) is 15.4. The monoisotopic (exact) mass is 264 g/mol. The van der Waals surface area contributed by atoms with Crippen LogP contribution in [0.25, 0.3) is 0 Å². The number of ether oxygens (including phenoxy) is 2. The lowest BCUT2D eigenvalue weighted by molar-refractivity contribution is 0.0452. The van der Waals surface area contributed by atoms with Gasteiger partial charge in [-0.1, -0.05) is 12.1 Å². The third-order valence-electron chi connectivity index (χ3n) is 2.51. The lowest BCUT2D eigenvalue weighted by Crippen LogP contribution is -2.08. The first-order valence-electron chi connectivity index (χ1n) is 6.47. The summed E-state index contributed by atoms with van der Waals surface area (Å²) in [6, 6.07) is 6.38. The van der Waals surface area contributed by atoms with Crippen LogP contribution in [0.1, 0.15) is 47.4 Å². The van der Waals surface area contributed by atoms with E-state index in [0.717, 1.165) is 19.1 Å². The Hall–Kier alpha value is -1.68. The molecule has 0 N–H and O–H groups in total. The van der Waals surface area contributed by atoms with Gasteiger partial charge in [0.1, 0.15) is 6.29 Å². The summed E-state index contributed by atoms with van der Waals surface area (Å²) in [5, 5.41) is 0. The van der Waals surface area contributed by atoms with E-state index in [1.807, 2.05) is 13.8 Å². The minimum atomic E-state index is -0.359. The Morgan fingerprint density at radius 1 is 1.16 bits per heavy atom. The molecule has 1 rings (SSSR count). The molecule has 0 radical (unpaired) electrons. The van der Waals surface area contributed by atoms with Gasteiger partial charge >= 0.3 is 5.97 Å². The Balaban J connectivity index is 2.21. The molecule has 0 unspecified atom stereocenters. The number of benzene rings is 1. The highest BCUT2D eigenvalue weighted by Crippen LogP contribution is 2.05. The molecule has 0 amide bonds. The van der Waals surface area contributed by atoms with Crippen molar-refractivity contribution in [3.05, 3.63) is 35.4 Å². The summed E-state index contributed by atoms with van der Waals surface area (Å²) in [6.07, 6.45) is 2.63. The van der Waals surface area contributed by atoms with Crippen molar-refractivity contribution in [3.8, 4) is 0 Å². The topological polar surface area (TPSA) is 52.6 Å². The SMILES string of the molecule is CC(C)OCCCCOC(=O)c1ccc(C=O)cc1. The highest BCUT2D eigenvalue weighted by atomic mass is 16.5. The van der Waals surface area contributed by atoms with Gasteiger partial charge in [-0.05, 0) is 38.8 Å². The number of carbonyl (C=O) groups is 2. The van der Waals surface area contributed by atoms with Crippen molar-refractivity contribution in [1.29, 1.82) is 0 Å². The lowest BCUT2D eigenvalue weighted by atomic mass is 10.1. The highest BCUT2D eigenvalue weighted by molar-refractivity contribution is 5.90. The molecule has 0 aliphatic heterocycles. The zero-order valence-electron chi connectivity index (χ0n) is 11.4. The highest BCUT2D eigenvalue weighted by Gasteiger charge is 2.06. The molecule has 0 bridgehead atoms. The molecule has 0 atom stereocenters. The Labute approximate surface area is 113 Å². The Bertz CT molecular complexity index is 395. The van der Waals surface area contributed by atoms with Gasteiger partial charge in [0.05, 0.1) is 18.3 Å². The number of hydrogen-bond acceptors (Lipinski definition) is 4. The molecule has 19 heavy (non-hydrogen) atoms. The van der Waals surface area contributed by atoms with Crippen molar-refractivity contribution in [3.63, 3.8) is 0 Å². The molecule has 0 aliphatic carbocycles. The van der Waals surface area contributed by atoms with E-state index < -0.39 is 0 Å². The molecule has 0 aromatic heterocycles. The molecule has 0 saturated carbocycles. The summed E-state index contributed by atoms with van der Waals surface area (Å²) in [5.74, 6) is -0.359. The van der Waals surface area contributed by atoms with Gasteiger partial charge in [-0.3, -0.25) is 4.79 Å². The van der Waals surface area contributed by atoms with Gasteiger partial charge in [0.2, 0.25) is 0 Å². The van der Waals surface area contributed by atoms with Gasteiger partial charge in [0.25, 0.3) is 0 Å². The van der Waals surface area contributed by atoms with Crippen LogP contribution >= 0.6 is 0 Å². The normalized spacial score (nSPS) is 10.5. The van der Waals surface area contributed by atoms with Crippen LogP contribution in [0.5, 0.6) is 0 Å². The molecule has 104 valence electrons. The number of hydrogen-bond donors (Lipinski definition) is 0. The summed E-state index contributed by atoms with van der Waals surface area (Å²) >= 11 is 0. The first-order chi connectivity index (χ1) is 9.13. The predicted octanol–water partition coefficient (Wildman–Crippen LogP) is 2.86. The number of esters is 1. The zero-order valence-corrected chi connectivity index (χ0v) is 11.4. The summed E-state index contributed by atoms with van der Waals surface area (Å²) < 4.78 is 10.5. The number of unbranched alkanes of at least 4 members (excludes halogenated alkanes) is 1. The molecule has 0 aliphatic rings. The maximum atomic E-state index is 11.6. The fraction of sp³-hybridized carbons (Fsp3) is 0.467. The van der Waals surface area contributed by atoms with Crippen LogP contribution in [-0.4, -0.2) is 31.6 Å². The molecular weight excluding hydrogens is 244 g/mol. The minimum Gasteiger partial charge on any atom is -0.462 e. The maximum absolute atomic E-state index is 11.6. The van der Waals surface area contributed by atoms with Gasteiger partial charge in [-0.2, -0.15) is 0 Å². The fourth-order valence-electron chi connectivity index (χ4n) is 1.47. The van der Waals surface area contributed by atoms with Crippen LogP contribution in [0.4, 0.5) is 0 Å². The van der Waals surface area contributed by atoms with E-state index in [1.165, 1.54) is 0 Å².